The van der Waals surface area contributed by atoms with E-state index in [1.165, 1.54) is 18.4 Å². The predicted octanol–water partition coefficient (Wildman–Crippen LogP) is 3.44. The van der Waals surface area contributed by atoms with Gasteiger partial charge in [-0.3, -0.25) is 0 Å². The molecule has 1 aromatic carbocycles. The van der Waals surface area contributed by atoms with Crippen LogP contribution in [0.2, 0.25) is 0 Å². The molecule has 0 saturated heterocycles. The van der Waals surface area contributed by atoms with Crippen molar-refractivity contribution < 1.29 is 4.74 Å². The number of nitrogens with one attached hydrogen (secondary N) is 1. The maximum absolute atomic E-state index is 5.76. The van der Waals surface area contributed by atoms with E-state index in [1.54, 1.807) is 7.11 Å². The fourth-order valence-electron chi connectivity index (χ4n) is 1.63. The van der Waals surface area contributed by atoms with Gasteiger partial charge in [0.1, 0.15) is 5.75 Å². The third-order valence-corrected chi connectivity index (χ3v) is 3.33. The molecule has 1 aromatic rings. The van der Waals surface area contributed by atoms with Crippen LogP contribution in [0.25, 0.3) is 0 Å². The lowest BCUT2D eigenvalue weighted by Gasteiger charge is -2.08. The predicted molar refractivity (Wildman–Crippen MR) is 73.8 cm³/mol. The Balaban J connectivity index is 2.13. The Bertz CT molecular complexity index is 300. The molecule has 0 aliphatic carbocycles. The molecule has 1 N–H and O–H groups in total. The minimum Gasteiger partial charge on any atom is -0.497 e. The first-order chi connectivity index (χ1) is 8.26. The van der Waals surface area contributed by atoms with E-state index in [0.717, 1.165) is 24.7 Å². The van der Waals surface area contributed by atoms with E-state index < -0.39 is 0 Å². The zero-order valence-electron chi connectivity index (χ0n) is 10.7. The first-order valence-electron chi connectivity index (χ1n) is 6.16. The first-order valence-corrected chi connectivity index (χ1v) is 6.69. The van der Waals surface area contributed by atoms with Crippen molar-refractivity contribution in [2.24, 2.45) is 5.92 Å². The van der Waals surface area contributed by atoms with Crippen molar-refractivity contribution in [3.8, 4) is 5.75 Å². The van der Waals surface area contributed by atoms with Crippen LogP contribution in [0.3, 0.4) is 0 Å². The minimum atomic E-state index is 0.624. The monoisotopic (exact) mass is 255 g/mol. The van der Waals surface area contributed by atoms with Crippen molar-refractivity contribution >= 4 is 11.6 Å². The van der Waals surface area contributed by atoms with Crippen molar-refractivity contribution in [1.82, 2.24) is 5.32 Å². The number of rotatable bonds is 8. The van der Waals surface area contributed by atoms with Crippen LogP contribution in [0.1, 0.15) is 25.3 Å². The lowest BCUT2D eigenvalue weighted by atomic mass is 10.1. The second kappa shape index (κ2) is 8.37. The van der Waals surface area contributed by atoms with Gasteiger partial charge in [0.25, 0.3) is 0 Å². The molecule has 0 amide bonds. The number of hydrogen-bond acceptors (Lipinski definition) is 2. The summed E-state index contributed by atoms with van der Waals surface area (Å²) in [5.74, 6) is 2.29. The van der Waals surface area contributed by atoms with Gasteiger partial charge >= 0.3 is 0 Å². The smallest absolute Gasteiger partial charge is 0.118 e. The van der Waals surface area contributed by atoms with Crippen LogP contribution in [0.15, 0.2) is 24.3 Å². The lowest BCUT2D eigenvalue weighted by Crippen LogP contribution is -2.15. The van der Waals surface area contributed by atoms with Crippen molar-refractivity contribution in [2.45, 2.75) is 26.3 Å². The molecule has 17 heavy (non-hydrogen) atoms. The molecule has 1 rings (SSSR count). The number of ether oxygens (including phenoxy) is 1. The van der Waals surface area contributed by atoms with Gasteiger partial charge in [-0.15, -0.1) is 11.6 Å². The van der Waals surface area contributed by atoms with Gasteiger partial charge in [0, 0.05) is 12.4 Å². The molecule has 1 unspecified atom stereocenters. The Hall–Kier alpha value is -0.730. The van der Waals surface area contributed by atoms with Crippen molar-refractivity contribution in [1.29, 1.82) is 0 Å². The number of alkyl halides is 1. The molecule has 0 aliphatic heterocycles. The van der Waals surface area contributed by atoms with Crippen LogP contribution in [-0.4, -0.2) is 19.5 Å². The maximum Gasteiger partial charge on any atom is 0.118 e. The summed E-state index contributed by atoms with van der Waals surface area (Å²) in [6, 6.07) is 8.17. The molecular formula is C14H22ClNO. The highest BCUT2D eigenvalue weighted by Crippen LogP contribution is 2.11. The highest BCUT2D eigenvalue weighted by Gasteiger charge is 1.99. The van der Waals surface area contributed by atoms with E-state index in [2.05, 4.69) is 24.4 Å². The van der Waals surface area contributed by atoms with Crippen LogP contribution in [0.4, 0.5) is 0 Å². The lowest BCUT2D eigenvalue weighted by molar-refractivity contribution is 0.414. The van der Waals surface area contributed by atoms with E-state index >= 15 is 0 Å². The van der Waals surface area contributed by atoms with Crippen LogP contribution in [-0.2, 0) is 6.54 Å². The van der Waals surface area contributed by atoms with Crippen LogP contribution in [0, 0.1) is 5.92 Å². The standard InChI is InChI=1S/C14H22ClNO/c1-12(10-15)4-3-9-16-11-13-5-7-14(17-2)8-6-13/h5-8,12,16H,3-4,9-11H2,1-2H3. The third kappa shape index (κ3) is 5.94. The summed E-state index contributed by atoms with van der Waals surface area (Å²) in [6.07, 6.45) is 2.38. The van der Waals surface area contributed by atoms with Gasteiger partial charge in [0.15, 0.2) is 0 Å². The van der Waals surface area contributed by atoms with Gasteiger partial charge in [0.05, 0.1) is 7.11 Å². The van der Waals surface area contributed by atoms with Gasteiger partial charge in [-0.25, -0.2) is 0 Å². The topological polar surface area (TPSA) is 21.3 Å². The minimum absolute atomic E-state index is 0.624. The van der Waals surface area contributed by atoms with Crippen molar-refractivity contribution in [3.63, 3.8) is 0 Å². The quantitative estimate of drug-likeness (QED) is 0.568. The Kier molecular flexibility index (Phi) is 7.06. The second-order valence-corrected chi connectivity index (χ2v) is 4.74. The van der Waals surface area contributed by atoms with E-state index in [4.69, 9.17) is 16.3 Å². The third-order valence-electron chi connectivity index (χ3n) is 2.80. The van der Waals surface area contributed by atoms with Crippen LogP contribution in [0.5, 0.6) is 5.75 Å². The van der Waals surface area contributed by atoms with E-state index in [-0.39, 0.29) is 0 Å². The Morgan fingerprint density at radius 1 is 1.29 bits per heavy atom. The zero-order chi connectivity index (χ0) is 12.5. The summed E-state index contributed by atoms with van der Waals surface area (Å²) in [5, 5.41) is 3.43. The first kappa shape index (κ1) is 14.3. The van der Waals surface area contributed by atoms with Gasteiger partial charge in [-0.05, 0) is 43.0 Å². The van der Waals surface area contributed by atoms with E-state index in [9.17, 15) is 0 Å². The molecule has 2 nitrogen and oxygen atoms in total. The highest BCUT2D eigenvalue weighted by atomic mass is 35.5. The van der Waals surface area contributed by atoms with Gasteiger partial charge < -0.3 is 10.1 Å². The van der Waals surface area contributed by atoms with E-state index in [1.807, 2.05) is 12.1 Å². The molecular weight excluding hydrogens is 234 g/mol. The average Bonchev–Trinajstić information content (AvgIpc) is 2.38. The SMILES string of the molecule is COc1ccc(CNCCCC(C)CCl)cc1. The van der Waals surface area contributed by atoms with Gasteiger partial charge in [-0.2, -0.15) is 0 Å². The molecule has 1 atom stereocenters. The summed E-state index contributed by atoms with van der Waals surface area (Å²) in [5.41, 5.74) is 1.29. The summed E-state index contributed by atoms with van der Waals surface area (Å²) in [7, 11) is 1.69. The summed E-state index contributed by atoms with van der Waals surface area (Å²) < 4.78 is 5.12. The normalized spacial score (nSPS) is 12.4. The fraction of sp³-hybridized carbons (Fsp3) is 0.571. The Morgan fingerprint density at radius 2 is 2.00 bits per heavy atom. The molecule has 0 heterocycles. The molecule has 0 saturated carbocycles. The summed E-state index contributed by atoms with van der Waals surface area (Å²) >= 11 is 5.76. The number of methoxy groups -OCH3 is 1. The van der Waals surface area contributed by atoms with Crippen molar-refractivity contribution in [2.75, 3.05) is 19.5 Å². The average molecular weight is 256 g/mol. The highest BCUT2D eigenvalue weighted by molar-refractivity contribution is 6.18. The zero-order valence-corrected chi connectivity index (χ0v) is 11.5. The van der Waals surface area contributed by atoms with Crippen molar-refractivity contribution in [3.05, 3.63) is 29.8 Å². The number of halogens is 1. The molecule has 0 radical (unpaired) electrons. The van der Waals surface area contributed by atoms with Crippen LogP contribution >= 0.6 is 11.6 Å². The molecule has 0 spiro atoms. The number of benzene rings is 1. The molecule has 0 aromatic heterocycles. The number of hydrogen-bond donors (Lipinski definition) is 1. The van der Waals surface area contributed by atoms with Gasteiger partial charge in [-0.1, -0.05) is 19.1 Å². The molecule has 0 bridgehead atoms. The summed E-state index contributed by atoms with van der Waals surface area (Å²) in [6.45, 7) is 4.16. The molecule has 0 fully saturated rings. The van der Waals surface area contributed by atoms with Gasteiger partial charge in [0.2, 0.25) is 0 Å². The molecule has 96 valence electrons. The Morgan fingerprint density at radius 3 is 2.59 bits per heavy atom. The molecule has 0 aliphatic rings. The van der Waals surface area contributed by atoms with Crippen LogP contribution < -0.4 is 10.1 Å². The fourth-order valence-corrected chi connectivity index (χ4v) is 1.78. The van der Waals surface area contributed by atoms with E-state index in [0.29, 0.717) is 5.92 Å². The Labute approximate surface area is 109 Å². The maximum atomic E-state index is 5.76. The molecule has 3 heteroatoms. The second-order valence-electron chi connectivity index (χ2n) is 4.43. The largest absolute Gasteiger partial charge is 0.497 e. The summed E-state index contributed by atoms with van der Waals surface area (Å²) in [4.78, 5) is 0.